The molecule has 8 nitrogen and oxygen atoms in total. The van der Waals surface area contributed by atoms with Crippen molar-refractivity contribution < 1.29 is 19.5 Å². The van der Waals surface area contributed by atoms with Gasteiger partial charge in [-0.2, -0.15) is 5.10 Å². The maximum atomic E-state index is 12.7. The van der Waals surface area contributed by atoms with E-state index in [1.54, 1.807) is 24.3 Å². The number of hydrogen-bond donors (Lipinski definition) is 2. The summed E-state index contributed by atoms with van der Waals surface area (Å²) in [5, 5.41) is 16.5. The van der Waals surface area contributed by atoms with Crippen LogP contribution in [-0.2, 0) is 9.59 Å². The lowest BCUT2D eigenvalue weighted by atomic mass is 10.2. The van der Waals surface area contributed by atoms with Crippen LogP contribution in [0.25, 0.3) is 5.69 Å². The number of amides is 2. The van der Waals surface area contributed by atoms with Gasteiger partial charge in [-0.1, -0.05) is 11.6 Å². The van der Waals surface area contributed by atoms with Crippen LogP contribution in [0.2, 0.25) is 5.02 Å². The summed E-state index contributed by atoms with van der Waals surface area (Å²) in [6.45, 7) is 2.99. The molecule has 26 heavy (non-hydrogen) atoms. The van der Waals surface area contributed by atoms with E-state index in [1.807, 2.05) is 0 Å². The number of nitrogens with one attached hydrogen (secondary N) is 1. The molecule has 0 aliphatic heterocycles. The van der Waals surface area contributed by atoms with Gasteiger partial charge in [0, 0.05) is 31.2 Å². The fourth-order valence-corrected chi connectivity index (χ4v) is 2.42. The Bertz CT molecular complexity index is 803. The number of carboxylic acids is 1. The predicted molar refractivity (Wildman–Crippen MR) is 95.4 cm³/mol. The Labute approximate surface area is 155 Å². The van der Waals surface area contributed by atoms with Crippen molar-refractivity contribution in [1.82, 2.24) is 20.0 Å². The van der Waals surface area contributed by atoms with Gasteiger partial charge >= 0.3 is 5.97 Å². The summed E-state index contributed by atoms with van der Waals surface area (Å²) in [5.74, 6) is -1.87. The summed E-state index contributed by atoms with van der Waals surface area (Å²) in [4.78, 5) is 36.2. The second kappa shape index (κ2) is 8.48. The maximum absolute atomic E-state index is 12.7. The zero-order valence-electron chi connectivity index (χ0n) is 14.3. The predicted octanol–water partition coefficient (Wildman–Crippen LogP) is 1.58. The number of aromatic nitrogens is 2. The van der Waals surface area contributed by atoms with Gasteiger partial charge in [-0.3, -0.25) is 9.59 Å². The molecule has 2 amide bonds. The first-order chi connectivity index (χ1) is 12.3. The number of rotatable bonds is 7. The number of halogens is 1. The topological polar surface area (TPSA) is 105 Å². The number of nitrogens with zero attached hydrogens (tertiary/aromatic N) is 3. The van der Waals surface area contributed by atoms with E-state index in [-0.39, 0.29) is 24.6 Å². The molecule has 2 rings (SSSR count). The Morgan fingerprint density at radius 1 is 1.31 bits per heavy atom. The first-order valence-corrected chi connectivity index (χ1v) is 8.26. The smallest absolute Gasteiger partial charge is 0.326 e. The fourth-order valence-electron chi connectivity index (χ4n) is 2.29. The minimum Gasteiger partial charge on any atom is -0.480 e. The van der Waals surface area contributed by atoms with Crippen LogP contribution in [0.3, 0.4) is 0 Å². The summed E-state index contributed by atoms with van der Waals surface area (Å²) in [7, 11) is 0. The van der Waals surface area contributed by atoms with Crippen molar-refractivity contribution in [3.05, 3.63) is 47.2 Å². The SMILES string of the molecule is CC(=O)NCCN(C(=O)c1cnn(-c2ccc(Cl)cc2)c1)C(C)C(=O)O. The van der Waals surface area contributed by atoms with Gasteiger partial charge in [-0.05, 0) is 31.2 Å². The molecule has 9 heteroatoms. The summed E-state index contributed by atoms with van der Waals surface area (Å²) in [5.41, 5.74) is 0.959. The van der Waals surface area contributed by atoms with E-state index in [1.165, 1.54) is 35.8 Å². The minimum atomic E-state index is -1.13. The molecule has 1 aromatic carbocycles. The molecule has 0 saturated carbocycles. The first-order valence-electron chi connectivity index (χ1n) is 7.88. The highest BCUT2D eigenvalue weighted by molar-refractivity contribution is 6.30. The first kappa shape index (κ1) is 19.5. The summed E-state index contributed by atoms with van der Waals surface area (Å²) in [6, 6.07) is 5.85. The maximum Gasteiger partial charge on any atom is 0.326 e. The molecule has 0 aliphatic carbocycles. The highest BCUT2D eigenvalue weighted by Crippen LogP contribution is 2.15. The Hall–Kier alpha value is -2.87. The second-order valence-corrected chi connectivity index (χ2v) is 6.08. The molecule has 2 aromatic rings. The summed E-state index contributed by atoms with van der Waals surface area (Å²) >= 11 is 5.86. The molecule has 0 saturated heterocycles. The largest absolute Gasteiger partial charge is 0.480 e. The zero-order valence-corrected chi connectivity index (χ0v) is 15.1. The highest BCUT2D eigenvalue weighted by Gasteiger charge is 2.27. The fraction of sp³-hybridized carbons (Fsp3) is 0.294. The van der Waals surface area contributed by atoms with Crippen LogP contribution in [0.15, 0.2) is 36.7 Å². The molecule has 1 unspecified atom stereocenters. The lowest BCUT2D eigenvalue weighted by Crippen LogP contribution is -2.46. The molecule has 0 spiro atoms. The lowest BCUT2D eigenvalue weighted by Gasteiger charge is -2.26. The van der Waals surface area contributed by atoms with E-state index in [0.29, 0.717) is 10.7 Å². The van der Waals surface area contributed by atoms with Gasteiger partial charge in [0.2, 0.25) is 5.91 Å². The van der Waals surface area contributed by atoms with Gasteiger partial charge in [0.15, 0.2) is 0 Å². The molecule has 1 heterocycles. The van der Waals surface area contributed by atoms with Crippen LogP contribution in [0.5, 0.6) is 0 Å². The van der Waals surface area contributed by atoms with Gasteiger partial charge in [-0.15, -0.1) is 0 Å². The van der Waals surface area contributed by atoms with Crippen molar-refractivity contribution in [3.8, 4) is 5.69 Å². The van der Waals surface area contributed by atoms with Gasteiger partial charge in [0.1, 0.15) is 6.04 Å². The quantitative estimate of drug-likeness (QED) is 0.761. The number of hydrogen-bond acceptors (Lipinski definition) is 4. The lowest BCUT2D eigenvalue weighted by molar-refractivity contribution is -0.141. The third-order valence-electron chi connectivity index (χ3n) is 3.73. The van der Waals surface area contributed by atoms with E-state index in [2.05, 4.69) is 10.4 Å². The van der Waals surface area contributed by atoms with Crippen molar-refractivity contribution in [2.45, 2.75) is 19.9 Å². The third kappa shape index (κ3) is 4.82. The molecular formula is C17H19ClN4O4. The standard InChI is InChI=1S/C17H19ClN4O4/c1-11(17(25)26)21(8-7-19-12(2)23)16(24)13-9-20-22(10-13)15-5-3-14(18)4-6-15/h3-6,9-11H,7-8H2,1-2H3,(H,19,23)(H,25,26). The van der Waals surface area contributed by atoms with Crippen molar-refractivity contribution in [1.29, 1.82) is 0 Å². The van der Waals surface area contributed by atoms with Gasteiger partial charge in [-0.25, -0.2) is 9.48 Å². The average Bonchev–Trinajstić information content (AvgIpc) is 3.08. The molecule has 2 N–H and O–H groups in total. The molecule has 0 radical (unpaired) electrons. The molecule has 138 valence electrons. The number of carboxylic acid groups (broad SMARTS) is 1. The number of aliphatic carboxylic acids is 1. The van der Waals surface area contributed by atoms with Crippen LogP contribution in [0.1, 0.15) is 24.2 Å². The molecule has 0 aliphatic rings. The van der Waals surface area contributed by atoms with E-state index in [0.717, 1.165) is 0 Å². The van der Waals surface area contributed by atoms with Crippen molar-refractivity contribution in [2.75, 3.05) is 13.1 Å². The van der Waals surface area contributed by atoms with Gasteiger partial charge < -0.3 is 15.3 Å². The molecule has 1 atom stereocenters. The monoisotopic (exact) mass is 378 g/mol. The number of carbonyl (C=O) groups excluding carboxylic acids is 2. The van der Waals surface area contributed by atoms with Crippen LogP contribution in [0, 0.1) is 0 Å². The van der Waals surface area contributed by atoms with Gasteiger partial charge in [0.25, 0.3) is 5.91 Å². The number of benzene rings is 1. The Morgan fingerprint density at radius 3 is 2.54 bits per heavy atom. The van der Waals surface area contributed by atoms with Crippen LogP contribution >= 0.6 is 11.6 Å². The van der Waals surface area contributed by atoms with Gasteiger partial charge in [0.05, 0.1) is 17.4 Å². The molecular weight excluding hydrogens is 360 g/mol. The minimum absolute atomic E-state index is 0.0675. The van der Waals surface area contributed by atoms with Crippen molar-refractivity contribution in [3.63, 3.8) is 0 Å². The number of carbonyl (C=O) groups is 3. The zero-order chi connectivity index (χ0) is 19.3. The average molecular weight is 379 g/mol. The highest BCUT2D eigenvalue weighted by atomic mass is 35.5. The van der Waals surface area contributed by atoms with E-state index in [9.17, 15) is 19.5 Å². The Balaban J connectivity index is 2.20. The molecule has 0 bridgehead atoms. The Kier molecular flexibility index (Phi) is 6.35. The molecule has 1 aromatic heterocycles. The van der Waals surface area contributed by atoms with Crippen LogP contribution in [-0.4, -0.2) is 56.7 Å². The summed E-state index contributed by atoms with van der Waals surface area (Å²) < 4.78 is 1.50. The van der Waals surface area contributed by atoms with Crippen molar-refractivity contribution in [2.24, 2.45) is 0 Å². The third-order valence-corrected chi connectivity index (χ3v) is 3.99. The van der Waals surface area contributed by atoms with E-state index in [4.69, 9.17) is 11.6 Å². The van der Waals surface area contributed by atoms with E-state index >= 15 is 0 Å². The van der Waals surface area contributed by atoms with E-state index < -0.39 is 17.9 Å². The normalized spacial score (nSPS) is 11.7. The second-order valence-electron chi connectivity index (χ2n) is 5.65. The van der Waals surface area contributed by atoms with Crippen LogP contribution in [0.4, 0.5) is 0 Å². The Morgan fingerprint density at radius 2 is 1.96 bits per heavy atom. The molecule has 0 fully saturated rings. The van der Waals surface area contributed by atoms with Crippen LogP contribution < -0.4 is 5.32 Å². The van der Waals surface area contributed by atoms with Crippen molar-refractivity contribution >= 4 is 29.4 Å². The summed E-state index contributed by atoms with van der Waals surface area (Å²) in [6.07, 6.45) is 2.89.